The predicted octanol–water partition coefficient (Wildman–Crippen LogP) is 3.88. The van der Waals surface area contributed by atoms with Gasteiger partial charge in [-0.05, 0) is 57.4 Å². The van der Waals surface area contributed by atoms with Crippen molar-refractivity contribution in [1.82, 2.24) is 4.90 Å². The number of likely N-dealkylation sites (tertiary alicyclic amines) is 1. The maximum Gasteiger partial charge on any atom is 0.255 e. The number of phenolic OH excluding ortho intramolecular Hbond substituents is 1. The minimum Gasteiger partial charge on any atom is -0.507 e. The summed E-state index contributed by atoms with van der Waals surface area (Å²) >= 11 is 0. The summed E-state index contributed by atoms with van der Waals surface area (Å²) in [5, 5.41) is 9.84. The van der Waals surface area contributed by atoms with Crippen LogP contribution in [-0.2, 0) is 0 Å². The van der Waals surface area contributed by atoms with Crippen LogP contribution >= 0.6 is 0 Å². The molecule has 1 heterocycles. The molecule has 7 heteroatoms. The van der Waals surface area contributed by atoms with Crippen molar-refractivity contribution in [2.75, 3.05) is 13.2 Å². The Labute approximate surface area is 181 Å². The van der Waals surface area contributed by atoms with Crippen LogP contribution in [-0.4, -0.2) is 53.8 Å². The quantitative estimate of drug-likeness (QED) is 0.645. The molecule has 164 valence electrons. The minimum atomic E-state index is -0.254. The number of phenols is 1. The molecule has 0 bridgehead atoms. The van der Waals surface area contributed by atoms with Crippen molar-refractivity contribution in [2.45, 2.75) is 45.3 Å². The minimum absolute atomic E-state index is 0.0814. The lowest BCUT2D eigenvalue weighted by molar-refractivity contribution is 0.0524. The Morgan fingerprint density at radius 1 is 1.10 bits per heavy atom. The Morgan fingerprint density at radius 2 is 1.81 bits per heavy atom. The highest BCUT2D eigenvalue weighted by Crippen LogP contribution is 2.29. The third-order valence-electron chi connectivity index (χ3n) is 5.26. The zero-order valence-electron chi connectivity index (χ0n) is 17.7. The smallest absolute Gasteiger partial charge is 0.255 e. The van der Waals surface area contributed by atoms with E-state index in [-0.39, 0.29) is 47.3 Å². The lowest BCUT2D eigenvalue weighted by atomic mass is 9.99. The number of aromatic hydroxyl groups is 1. The van der Waals surface area contributed by atoms with Gasteiger partial charge in [0.2, 0.25) is 0 Å². The molecule has 0 radical (unpaired) electrons. The molecule has 0 spiro atoms. The lowest BCUT2D eigenvalue weighted by Crippen LogP contribution is -2.47. The Morgan fingerprint density at radius 3 is 2.52 bits per heavy atom. The van der Waals surface area contributed by atoms with E-state index >= 15 is 0 Å². The molecule has 0 saturated carbocycles. The van der Waals surface area contributed by atoms with Gasteiger partial charge in [0.25, 0.3) is 5.91 Å². The van der Waals surface area contributed by atoms with Gasteiger partial charge in [0.1, 0.15) is 23.9 Å². The number of benzene rings is 2. The summed E-state index contributed by atoms with van der Waals surface area (Å²) < 4.78 is 11.5. The molecule has 2 aromatic rings. The molecule has 0 aliphatic carbocycles. The maximum atomic E-state index is 13.4. The van der Waals surface area contributed by atoms with Gasteiger partial charge in [0.05, 0.1) is 28.8 Å². The lowest BCUT2D eigenvalue weighted by Gasteiger charge is -2.36. The monoisotopic (exact) mass is 425 g/mol. The second-order valence-corrected chi connectivity index (χ2v) is 7.77. The van der Waals surface area contributed by atoms with Gasteiger partial charge in [0.15, 0.2) is 12.6 Å². The highest BCUT2D eigenvalue weighted by molar-refractivity contribution is 6.03. The Hall–Kier alpha value is -3.35. The zero-order chi connectivity index (χ0) is 22.4. The fraction of sp³-hybridized carbons (Fsp3) is 0.375. The molecule has 1 aliphatic rings. The molecule has 1 amide bonds. The van der Waals surface area contributed by atoms with Crippen LogP contribution in [0.15, 0.2) is 36.4 Å². The first-order valence-corrected chi connectivity index (χ1v) is 10.4. The summed E-state index contributed by atoms with van der Waals surface area (Å²) in [6.45, 7) is 4.43. The fourth-order valence-electron chi connectivity index (χ4n) is 3.77. The van der Waals surface area contributed by atoms with Gasteiger partial charge >= 0.3 is 0 Å². The second-order valence-electron chi connectivity index (χ2n) is 7.77. The predicted molar refractivity (Wildman–Crippen MR) is 115 cm³/mol. The number of aldehydes is 2. The van der Waals surface area contributed by atoms with Crippen LogP contribution in [0.2, 0.25) is 0 Å². The molecule has 1 unspecified atom stereocenters. The first-order valence-electron chi connectivity index (χ1n) is 10.4. The van der Waals surface area contributed by atoms with Crippen molar-refractivity contribution < 1.29 is 29.0 Å². The third kappa shape index (κ3) is 5.05. The zero-order valence-corrected chi connectivity index (χ0v) is 17.7. The van der Waals surface area contributed by atoms with Crippen LogP contribution in [0.25, 0.3) is 0 Å². The number of hydrogen-bond acceptors (Lipinski definition) is 6. The van der Waals surface area contributed by atoms with Crippen molar-refractivity contribution in [3.8, 4) is 17.2 Å². The van der Waals surface area contributed by atoms with E-state index in [2.05, 4.69) is 0 Å². The van der Waals surface area contributed by atoms with Crippen LogP contribution in [0.4, 0.5) is 0 Å². The molecule has 1 saturated heterocycles. The van der Waals surface area contributed by atoms with E-state index in [9.17, 15) is 19.5 Å². The summed E-state index contributed by atoms with van der Waals surface area (Å²) in [6.07, 6.45) is 3.60. The first kappa shape index (κ1) is 22.3. The molecule has 0 aromatic heterocycles. The van der Waals surface area contributed by atoms with Crippen LogP contribution < -0.4 is 9.47 Å². The van der Waals surface area contributed by atoms with Gasteiger partial charge < -0.3 is 19.5 Å². The molecule has 1 fully saturated rings. The number of nitrogens with zero attached hydrogens (tertiary/aromatic N) is 1. The van der Waals surface area contributed by atoms with E-state index in [1.54, 1.807) is 35.2 Å². The van der Waals surface area contributed by atoms with Crippen molar-refractivity contribution in [3.63, 3.8) is 0 Å². The third-order valence-corrected chi connectivity index (χ3v) is 5.26. The number of rotatable bonds is 8. The average Bonchev–Trinajstić information content (AvgIpc) is 2.77. The first-order chi connectivity index (χ1) is 15.0. The van der Waals surface area contributed by atoms with Crippen molar-refractivity contribution in [1.29, 1.82) is 0 Å². The van der Waals surface area contributed by atoms with Crippen LogP contribution in [0, 0.1) is 0 Å². The summed E-state index contributed by atoms with van der Waals surface area (Å²) in [5.41, 5.74) is 0.617. The number of amides is 1. The fourth-order valence-corrected chi connectivity index (χ4v) is 3.77. The van der Waals surface area contributed by atoms with Crippen molar-refractivity contribution in [3.05, 3.63) is 53.1 Å². The maximum absolute atomic E-state index is 13.4. The van der Waals surface area contributed by atoms with Crippen molar-refractivity contribution in [2.24, 2.45) is 0 Å². The molecule has 1 aliphatic heterocycles. The summed E-state index contributed by atoms with van der Waals surface area (Å²) in [6, 6.07) is 9.41. The molecule has 2 aromatic carbocycles. The Kier molecular flexibility index (Phi) is 7.28. The molecule has 31 heavy (non-hydrogen) atoms. The van der Waals surface area contributed by atoms with Crippen molar-refractivity contribution >= 4 is 18.5 Å². The molecule has 1 N–H and O–H groups in total. The van der Waals surface area contributed by atoms with E-state index < -0.39 is 0 Å². The summed E-state index contributed by atoms with van der Waals surface area (Å²) in [4.78, 5) is 38.2. The molecule has 7 nitrogen and oxygen atoms in total. The Bertz CT molecular complexity index is 955. The number of piperidine rings is 1. The number of ether oxygens (including phenoxy) is 2. The summed E-state index contributed by atoms with van der Waals surface area (Å²) in [5.74, 6) is 0.253. The van der Waals surface area contributed by atoms with E-state index in [0.717, 1.165) is 19.3 Å². The van der Waals surface area contributed by atoms with Gasteiger partial charge in [0, 0.05) is 6.54 Å². The second kappa shape index (κ2) is 10.1. The van der Waals surface area contributed by atoms with Gasteiger partial charge in [-0.2, -0.15) is 0 Å². The highest BCUT2D eigenvalue weighted by Gasteiger charge is 2.30. The van der Waals surface area contributed by atoms with Crippen LogP contribution in [0.3, 0.4) is 0 Å². The van der Waals surface area contributed by atoms with E-state index in [1.807, 2.05) is 13.8 Å². The van der Waals surface area contributed by atoms with E-state index in [1.165, 1.54) is 6.07 Å². The number of carbonyl (C=O) groups excluding carboxylic acids is 3. The van der Waals surface area contributed by atoms with E-state index in [4.69, 9.17) is 9.47 Å². The van der Waals surface area contributed by atoms with Gasteiger partial charge in [-0.25, -0.2) is 0 Å². The molecule has 1 atom stereocenters. The topological polar surface area (TPSA) is 93.1 Å². The normalized spacial score (nSPS) is 16.1. The molecular weight excluding hydrogens is 398 g/mol. The number of hydrogen-bond donors (Lipinski definition) is 1. The largest absolute Gasteiger partial charge is 0.507 e. The SMILES string of the molecule is CC(C)Oc1cccc(C(=O)N2CCCCC2COc2cccc(O)c2C=O)c1C=O. The highest BCUT2D eigenvalue weighted by atomic mass is 16.5. The van der Waals surface area contributed by atoms with Gasteiger partial charge in [-0.15, -0.1) is 0 Å². The number of carbonyl (C=O) groups is 3. The standard InChI is InChI=1S/C24H27NO6/c1-16(2)31-23-11-5-8-18(19(23)13-26)24(29)25-12-4-3-7-17(25)15-30-22-10-6-9-21(28)20(22)14-27/h5-6,8-11,13-14,16-17,28H,3-4,7,12,15H2,1-2H3. The molecule has 3 rings (SSSR count). The van der Waals surface area contributed by atoms with E-state index in [0.29, 0.717) is 30.4 Å². The van der Waals surface area contributed by atoms with Gasteiger partial charge in [-0.1, -0.05) is 12.1 Å². The van der Waals surface area contributed by atoms with Crippen LogP contribution in [0.1, 0.15) is 64.2 Å². The average molecular weight is 425 g/mol. The Balaban J connectivity index is 1.82. The summed E-state index contributed by atoms with van der Waals surface area (Å²) in [7, 11) is 0. The molecular formula is C24H27NO6. The van der Waals surface area contributed by atoms with Crippen LogP contribution in [0.5, 0.6) is 17.2 Å². The van der Waals surface area contributed by atoms with Gasteiger partial charge in [-0.3, -0.25) is 14.4 Å².